The van der Waals surface area contributed by atoms with Gasteiger partial charge in [0.25, 0.3) is 5.60 Å². The van der Waals surface area contributed by atoms with E-state index in [0.29, 0.717) is 11.5 Å². The molecule has 3 N–H and O–H groups in total. The number of carbonyl (C=O) groups is 1. The fourth-order valence-electron chi connectivity index (χ4n) is 2.12. The van der Waals surface area contributed by atoms with Gasteiger partial charge in [-0.2, -0.15) is 0 Å². The van der Waals surface area contributed by atoms with Gasteiger partial charge in [-0.25, -0.2) is 4.79 Å². The lowest BCUT2D eigenvalue weighted by molar-refractivity contribution is -0.161. The van der Waals surface area contributed by atoms with Crippen LogP contribution in [0, 0.1) is 13.8 Å². The zero-order valence-electron chi connectivity index (χ0n) is 11.8. The minimum absolute atomic E-state index is 0.123. The van der Waals surface area contributed by atoms with Crippen molar-refractivity contribution in [3.8, 4) is 5.75 Å². The molecule has 0 radical (unpaired) electrons. The summed E-state index contributed by atoms with van der Waals surface area (Å²) in [5.41, 5.74) is 7.50. The number of carboxylic acid groups (broad SMARTS) is 1. The molecule has 20 heavy (non-hydrogen) atoms. The van der Waals surface area contributed by atoms with Crippen molar-refractivity contribution in [3.63, 3.8) is 0 Å². The van der Waals surface area contributed by atoms with Crippen molar-refractivity contribution >= 4 is 11.7 Å². The Hall–Kier alpha value is -2.08. The van der Waals surface area contributed by atoms with Crippen LogP contribution in [0.2, 0.25) is 0 Å². The second-order valence-electron chi connectivity index (χ2n) is 4.95. The molecule has 108 valence electrons. The summed E-state index contributed by atoms with van der Waals surface area (Å²) in [5.74, 6) is -0.463. The van der Waals surface area contributed by atoms with E-state index in [0.717, 1.165) is 16.7 Å². The van der Waals surface area contributed by atoms with Crippen LogP contribution in [-0.4, -0.2) is 36.0 Å². The summed E-state index contributed by atoms with van der Waals surface area (Å²) in [6, 6.07) is 3.82. The van der Waals surface area contributed by atoms with Crippen LogP contribution in [0.25, 0.3) is 0 Å². The third kappa shape index (κ3) is 2.22. The average Bonchev–Trinajstić information content (AvgIpc) is 2.87. The molecule has 1 unspecified atom stereocenters. The molecule has 1 heterocycles. The standard InChI is InChI=1S/C14H18N2O4/c1-8-4-10(12(19-3)5-9(8)2)11-6-14(7-15,13(17)18)20-16-11/h4-5H,6-7,15H2,1-3H3,(H,17,18). The van der Waals surface area contributed by atoms with Gasteiger partial charge >= 0.3 is 5.97 Å². The topological polar surface area (TPSA) is 94.1 Å². The minimum atomic E-state index is -1.47. The van der Waals surface area contributed by atoms with E-state index in [1.54, 1.807) is 7.11 Å². The lowest BCUT2D eigenvalue weighted by atomic mass is 9.92. The van der Waals surface area contributed by atoms with E-state index in [9.17, 15) is 9.90 Å². The molecule has 2 rings (SSSR count). The molecular weight excluding hydrogens is 260 g/mol. The van der Waals surface area contributed by atoms with Gasteiger partial charge in [0, 0.05) is 18.5 Å². The third-order valence-electron chi connectivity index (χ3n) is 3.63. The van der Waals surface area contributed by atoms with E-state index in [4.69, 9.17) is 15.3 Å². The van der Waals surface area contributed by atoms with E-state index < -0.39 is 11.6 Å². The summed E-state index contributed by atoms with van der Waals surface area (Å²) in [4.78, 5) is 16.4. The van der Waals surface area contributed by atoms with Crippen molar-refractivity contribution < 1.29 is 19.5 Å². The van der Waals surface area contributed by atoms with Crippen LogP contribution in [0.3, 0.4) is 0 Å². The van der Waals surface area contributed by atoms with Gasteiger partial charge in [0.2, 0.25) is 0 Å². The van der Waals surface area contributed by atoms with Crippen molar-refractivity contribution in [2.24, 2.45) is 10.9 Å². The van der Waals surface area contributed by atoms with Gasteiger partial charge in [0.1, 0.15) is 5.75 Å². The second kappa shape index (κ2) is 5.13. The Bertz CT molecular complexity index is 583. The summed E-state index contributed by atoms with van der Waals surface area (Å²) in [6.45, 7) is 3.82. The Morgan fingerprint density at radius 2 is 2.15 bits per heavy atom. The quantitative estimate of drug-likeness (QED) is 0.863. The molecule has 0 saturated heterocycles. The first-order valence-electron chi connectivity index (χ1n) is 6.27. The fraction of sp³-hybridized carbons (Fsp3) is 0.429. The van der Waals surface area contributed by atoms with E-state index >= 15 is 0 Å². The molecule has 1 aliphatic rings. The maximum atomic E-state index is 11.3. The number of nitrogens with zero attached hydrogens (tertiary/aromatic N) is 1. The number of carboxylic acids is 1. The first kappa shape index (κ1) is 14.3. The molecular formula is C14H18N2O4. The lowest BCUT2D eigenvalue weighted by Crippen LogP contribution is -2.45. The van der Waals surface area contributed by atoms with Gasteiger partial charge in [-0.1, -0.05) is 5.16 Å². The molecule has 0 bridgehead atoms. The van der Waals surface area contributed by atoms with E-state index in [1.807, 2.05) is 26.0 Å². The molecule has 6 heteroatoms. The van der Waals surface area contributed by atoms with E-state index in [-0.39, 0.29) is 13.0 Å². The Balaban J connectivity index is 2.40. The first-order valence-corrected chi connectivity index (χ1v) is 6.27. The zero-order chi connectivity index (χ0) is 14.9. The summed E-state index contributed by atoms with van der Waals surface area (Å²) < 4.78 is 5.34. The van der Waals surface area contributed by atoms with Gasteiger partial charge in [0.15, 0.2) is 0 Å². The zero-order valence-corrected chi connectivity index (χ0v) is 11.8. The van der Waals surface area contributed by atoms with Crippen molar-refractivity contribution in [1.82, 2.24) is 0 Å². The smallest absolute Gasteiger partial charge is 0.352 e. The Labute approximate surface area is 117 Å². The largest absolute Gasteiger partial charge is 0.496 e. The van der Waals surface area contributed by atoms with Crippen molar-refractivity contribution in [2.75, 3.05) is 13.7 Å². The summed E-state index contributed by atoms with van der Waals surface area (Å²) in [7, 11) is 1.57. The highest BCUT2D eigenvalue weighted by atomic mass is 16.7. The Morgan fingerprint density at radius 1 is 1.50 bits per heavy atom. The van der Waals surface area contributed by atoms with Crippen LogP contribution in [0.5, 0.6) is 5.75 Å². The predicted molar refractivity (Wildman–Crippen MR) is 74.1 cm³/mol. The number of aryl methyl sites for hydroxylation is 2. The SMILES string of the molecule is COc1cc(C)c(C)cc1C1=NOC(CN)(C(=O)O)C1. The van der Waals surface area contributed by atoms with Crippen molar-refractivity contribution in [3.05, 3.63) is 28.8 Å². The van der Waals surface area contributed by atoms with Crippen LogP contribution in [0.4, 0.5) is 0 Å². The Kier molecular flexibility index (Phi) is 3.67. The van der Waals surface area contributed by atoms with Crippen molar-refractivity contribution in [1.29, 1.82) is 0 Å². The number of nitrogens with two attached hydrogens (primary N) is 1. The average molecular weight is 278 g/mol. The maximum Gasteiger partial charge on any atom is 0.352 e. The van der Waals surface area contributed by atoms with Crippen LogP contribution in [0.15, 0.2) is 17.3 Å². The first-order chi connectivity index (χ1) is 9.43. The highest BCUT2D eigenvalue weighted by Gasteiger charge is 2.46. The summed E-state index contributed by atoms with van der Waals surface area (Å²) in [5, 5.41) is 13.2. The van der Waals surface area contributed by atoms with Crippen LogP contribution < -0.4 is 10.5 Å². The molecule has 0 aliphatic carbocycles. The molecule has 1 aromatic carbocycles. The monoisotopic (exact) mass is 278 g/mol. The number of methoxy groups -OCH3 is 1. The highest BCUT2D eigenvalue weighted by Crippen LogP contribution is 2.31. The number of oxime groups is 1. The molecule has 1 aromatic rings. The lowest BCUT2D eigenvalue weighted by Gasteiger charge is -2.19. The van der Waals surface area contributed by atoms with Gasteiger partial charge in [-0.05, 0) is 37.1 Å². The molecule has 0 spiro atoms. The molecule has 6 nitrogen and oxygen atoms in total. The fourth-order valence-corrected chi connectivity index (χ4v) is 2.12. The van der Waals surface area contributed by atoms with Gasteiger partial charge in [0.05, 0.1) is 12.8 Å². The van der Waals surface area contributed by atoms with Crippen LogP contribution in [0.1, 0.15) is 23.1 Å². The summed E-state index contributed by atoms with van der Waals surface area (Å²) >= 11 is 0. The molecule has 0 amide bonds. The molecule has 1 aliphatic heterocycles. The predicted octanol–water partition coefficient (Wildman–Crippen LogP) is 1.22. The number of hydrogen-bond donors (Lipinski definition) is 2. The second-order valence-corrected chi connectivity index (χ2v) is 4.95. The third-order valence-corrected chi connectivity index (χ3v) is 3.63. The number of benzene rings is 1. The molecule has 0 aromatic heterocycles. The van der Waals surface area contributed by atoms with Gasteiger partial charge in [-0.15, -0.1) is 0 Å². The van der Waals surface area contributed by atoms with E-state index in [2.05, 4.69) is 5.16 Å². The van der Waals surface area contributed by atoms with Crippen LogP contribution in [-0.2, 0) is 9.63 Å². The van der Waals surface area contributed by atoms with E-state index in [1.165, 1.54) is 0 Å². The normalized spacial score (nSPS) is 21.3. The van der Waals surface area contributed by atoms with Gasteiger partial charge in [-0.3, -0.25) is 0 Å². The van der Waals surface area contributed by atoms with Crippen LogP contribution >= 0.6 is 0 Å². The number of rotatable bonds is 4. The molecule has 0 saturated carbocycles. The van der Waals surface area contributed by atoms with Crippen molar-refractivity contribution in [2.45, 2.75) is 25.9 Å². The summed E-state index contributed by atoms with van der Waals surface area (Å²) in [6.07, 6.45) is 0.123. The van der Waals surface area contributed by atoms with Gasteiger partial charge < -0.3 is 20.4 Å². The number of ether oxygens (including phenoxy) is 1. The molecule has 0 fully saturated rings. The maximum absolute atomic E-state index is 11.3. The number of aliphatic carboxylic acids is 1. The number of hydrogen-bond acceptors (Lipinski definition) is 5. The highest BCUT2D eigenvalue weighted by molar-refractivity contribution is 6.06. The molecule has 1 atom stereocenters. The Morgan fingerprint density at radius 3 is 2.65 bits per heavy atom. The minimum Gasteiger partial charge on any atom is -0.496 e.